The second-order valence-corrected chi connectivity index (χ2v) is 4.97. The minimum atomic E-state index is -0.998. The number of ether oxygens (including phenoxy) is 1. The molecule has 0 bridgehead atoms. The summed E-state index contributed by atoms with van der Waals surface area (Å²) in [5.41, 5.74) is 2.34. The van der Waals surface area contributed by atoms with Gasteiger partial charge in [-0.2, -0.15) is 0 Å². The molecule has 0 aliphatic carbocycles. The fourth-order valence-corrected chi connectivity index (χ4v) is 1.77. The summed E-state index contributed by atoms with van der Waals surface area (Å²) in [6, 6.07) is 9.12. The molecule has 104 valence electrons. The number of aromatic nitrogens is 1. The molecule has 0 atom stereocenters. The Morgan fingerprint density at radius 2 is 2.00 bits per heavy atom. The molecule has 0 amide bonds. The first-order valence-corrected chi connectivity index (χ1v) is 6.45. The number of carboxylic acid groups (broad SMARTS) is 1. The lowest BCUT2D eigenvalue weighted by atomic mass is 10.0. The minimum Gasteiger partial charge on any atom is -0.478 e. The predicted octanol–water partition coefficient (Wildman–Crippen LogP) is 4.00. The molecule has 4 heteroatoms. The summed E-state index contributed by atoms with van der Waals surface area (Å²) in [4.78, 5) is 14.8. The molecule has 2 aromatic rings. The van der Waals surface area contributed by atoms with Gasteiger partial charge in [0.25, 0.3) is 0 Å². The SMILES string of the molecule is Cc1ccc(C(C)C)cc1Oc1ccc(C(=O)O)cn1. The van der Waals surface area contributed by atoms with E-state index in [1.54, 1.807) is 6.07 Å². The zero-order valence-electron chi connectivity index (χ0n) is 11.8. The smallest absolute Gasteiger partial charge is 0.337 e. The molecule has 1 aromatic heterocycles. The second-order valence-electron chi connectivity index (χ2n) is 4.97. The summed E-state index contributed by atoms with van der Waals surface area (Å²) in [6.45, 7) is 6.20. The first-order valence-electron chi connectivity index (χ1n) is 6.45. The molecule has 1 heterocycles. The van der Waals surface area contributed by atoms with Crippen LogP contribution in [-0.4, -0.2) is 16.1 Å². The fraction of sp³-hybridized carbons (Fsp3) is 0.250. The highest BCUT2D eigenvalue weighted by Crippen LogP contribution is 2.27. The standard InChI is InChI=1S/C16H17NO3/c1-10(2)12-5-4-11(3)14(8-12)20-15-7-6-13(9-17-15)16(18)19/h4-10H,1-3H3,(H,18,19). The van der Waals surface area contributed by atoms with Gasteiger partial charge in [0.05, 0.1) is 5.56 Å². The van der Waals surface area contributed by atoms with E-state index in [0.717, 1.165) is 11.3 Å². The quantitative estimate of drug-likeness (QED) is 0.912. The Morgan fingerprint density at radius 1 is 1.25 bits per heavy atom. The zero-order chi connectivity index (χ0) is 14.7. The van der Waals surface area contributed by atoms with E-state index >= 15 is 0 Å². The number of carboxylic acids is 1. The van der Waals surface area contributed by atoms with Crippen molar-refractivity contribution in [2.75, 3.05) is 0 Å². The van der Waals surface area contributed by atoms with Crippen LogP contribution >= 0.6 is 0 Å². The van der Waals surface area contributed by atoms with Crippen LogP contribution in [0.4, 0.5) is 0 Å². The van der Waals surface area contributed by atoms with Gasteiger partial charge >= 0.3 is 5.97 Å². The van der Waals surface area contributed by atoms with Gasteiger partial charge < -0.3 is 9.84 Å². The number of aromatic carboxylic acids is 1. The molecule has 0 aliphatic heterocycles. The van der Waals surface area contributed by atoms with Crippen molar-refractivity contribution >= 4 is 5.97 Å². The molecule has 20 heavy (non-hydrogen) atoms. The summed E-state index contributed by atoms with van der Waals surface area (Å²) in [5.74, 6) is 0.549. The Kier molecular flexibility index (Phi) is 4.03. The highest BCUT2D eigenvalue weighted by Gasteiger charge is 2.08. The van der Waals surface area contributed by atoms with Crippen LogP contribution in [0.1, 0.15) is 41.3 Å². The minimum absolute atomic E-state index is 0.144. The van der Waals surface area contributed by atoms with Crippen LogP contribution in [0.5, 0.6) is 11.6 Å². The molecule has 2 rings (SSSR count). The second kappa shape index (κ2) is 5.74. The fourth-order valence-electron chi connectivity index (χ4n) is 1.77. The van der Waals surface area contributed by atoms with Crippen molar-refractivity contribution in [1.82, 2.24) is 4.98 Å². The molecule has 1 aromatic carbocycles. The third-order valence-electron chi connectivity index (χ3n) is 3.08. The van der Waals surface area contributed by atoms with E-state index < -0.39 is 5.97 Å². The highest BCUT2D eigenvalue weighted by atomic mass is 16.5. The number of pyridine rings is 1. The van der Waals surface area contributed by atoms with Crippen LogP contribution in [0.3, 0.4) is 0 Å². The average molecular weight is 271 g/mol. The van der Waals surface area contributed by atoms with Crippen molar-refractivity contribution in [3.8, 4) is 11.6 Å². The van der Waals surface area contributed by atoms with Crippen molar-refractivity contribution in [3.63, 3.8) is 0 Å². The topological polar surface area (TPSA) is 59.4 Å². The maximum atomic E-state index is 10.8. The van der Waals surface area contributed by atoms with Crippen LogP contribution < -0.4 is 4.74 Å². The third-order valence-corrected chi connectivity index (χ3v) is 3.08. The van der Waals surface area contributed by atoms with Gasteiger partial charge in [-0.15, -0.1) is 0 Å². The molecule has 0 spiro atoms. The Balaban J connectivity index is 2.25. The number of benzene rings is 1. The summed E-state index contributed by atoms with van der Waals surface area (Å²) >= 11 is 0. The van der Waals surface area contributed by atoms with E-state index in [2.05, 4.69) is 24.9 Å². The number of nitrogens with zero attached hydrogens (tertiary/aromatic N) is 1. The van der Waals surface area contributed by atoms with Crippen LogP contribution in [-0.2, 0) is 0 Å². The Morgan fingerprint density at radius 3 is 2.55 bits per heavy atom. The number of hydrogen-bond donors (Lipinski definition) is 1. The third kappa shape index (κ3) is 3.15. The lowest BCUT2D eigenvalue weighted by Crippen LogP contribution is -1.98. The maximum Gasteiger partial charge on any atom is 0.337 e. The van der Waals surface area contributed by atoms with Gasteiger partial charge in [-0.05, 0) is 36.1 Å². The molecule has 0 saturated carbocycles. The molecule has 0 unspecified atom stereocenters. The van der Waals surface area contributed by atoms with E-state index in [1.165, 1.54) is 17.8 Å². The van der Waals surface area contributed by atoms with Crippen molar-refractivity contribution < 1.29 is 14.6 Å². The van der Waals surface area contributed by atoms with Crippen molar-refractivity contribution in [2.45, 2.75) is 26.7 Å². The van der Waals surface area contributed by atoms with Crippen LogP contribution in [0, 0.1) is 6.92 Å². The van der Waals surface area contributed by atoms with Crippen molar-refractivity contribution in [2.24, 2.45) is 0 Å². The van der Waals surface area contributed by atoms with E-state index in [1.807, 2.05) is 19.1 Å². The molecule has 0 aliphatic rings. The lowest BCUT2D eigenvalue weighted by molar-refractivity contribution is 0.0696. The maximum absolute atomic E-state index is 10.8. The molecule has 4 nitrogen and oxygen atoms in total. The number of aryl methyl sites for hydroxylation is 1. The molecular formula is C16H17NO3. The summed E-state index contributed by atoms with van der Waals surface area (Å²) in [6.07, 6.45) is 1.29. The van der Waals surface area contributed by atoms with Gasteiger partial charge in [0.2, 0.25) is 5.88 Å². The number of hydrogen-bond acceptors (Lipinski definition) is 3. The number of rotatable bonds is 4. The Hall–Kier alpha value is -2.36. The van der Waals surface area contributed by atoms with Gasteiger partial charge in [-0.1, -0.05) is 26.0 Å². The van der Waals surface area contributed by atoms with Gasteiger partial charge in [0, 0.05) is 12.3 Å². The molecule has 1 N–H and O–H groups in total. The summed E-state index contributed by atoms with van der Waals surface area (Å²) in [7, 11) is 0. The Bertz CT molecular complexity index is 618. The predicted molar refractivity (Wildman–Crippen MR) is 76.5 cm³/mol. The van der Waals surface area contributed by atoms with Crippen LogP contribution in [0.2, 0.25) is 0 Å². The highest BCUT2D eigenvalue weighted by molar-refractivity contribution is 5.87. The zero-order valence-corrected chi connectivity index (χ0v) is 11.8. The van der Waals surface area contributed by atoms with Gasteiger partial charge in [0.1, 0.15) is 5.75 Å². The normalized spacial score (nSPS) is 10.6. The molecule has 0 radical (unpaired) electrons. The van der Waals surface area contributed by atoms with E-state index in [9.17, 15) is 4.79 Å². The molecule has 0 fully saturated rings. The first kappa shape index (κ1) is 14.1. The van der Waals surface area contributed by atoms with Crippen molar-refractivity contribution in [1.29, 1.82) is 0 Å². The van der Waals surface area contributed by atoms with E-state index in [-0.39, 0.29) is 5.56 Å². The van der Waals surface area contributed by atoms with Gasteiger partial charge in [-0.25, -0.2) is 9.78 Å². The molecular weight excluding hydrogens is 254 g/mol. The van der Waals surface area contributed by atoms with Crippen LogP contribution in [0.25, 0.3) is 0 Å². The summed E-state index contributed by atoms with van der Waals surface area (Å²) < 4.78 is 5.73. The summed E-state index contributed by atoms with van der Waals surface area (Å²) in [5, 5.41) is 8.83. The van der Waals surface area contributed by atoms with Crippen molar-refractivity contribution in [3.05, 3.63) is 53.2 Å². The average Bonchev–Trinajstić information content (AvgIpc) is 2.41. The van der Waals surface area contributed by atoms with E-state index in [4.69, 9.17) is 9.84 Å². The first-order chi connectivity index (χ1) is 9.47. The monoisotopic (exact) mass is 271 g/mol. The van der Waals surface area contributed by atoms with Crippen LogP contribution in [0.15, 0.2) is 36.5 Å². The largest absolute Gasteiger partial charge is 0.478 e. The van der Waals surface area contributed by atoms with Gasteiger partial charge in [-0.3, -0.25) is 0 Å². The number of carbonyl (C=O) groups is 1. The molecule has 0 saturated heterocycles. The van der Waals surface area contributed by atoms with Gasteiger partial charge in [0.15, 0.2) is 0 Å². The lowest BCUT2D eigenvalue weighted by Gasteiger charge is -2.12. The van der Waals surface area contributed by atoms with E-state index in [0.29, 0.717) is 11.8 Å². The Labute approximate surface area is 118 Å².